The molecule has 0 aliphatic heterocycles. The summed E-state index contributed by atoms with van der Waals surface area (Å²) in [6, 6.07) is 9.23. The van der Waals surface area contributed by atoms with E-state index >= 15 is 0 Å². The number of carbonyl (C=O) groups is 1. The fourth-order valence-electron chi connectivity index (χ4n) is 3.28. The molecule has 3 aromatic rings. The summed E-state index contributed by atoms with van der Waals surface area (Å²) < 4.78 is 71.5. The molecular formula is C22H20ClF3N4O5S. The van der Waals surface area contributed by atoms with Crippen molar-refractivity contribution in [2.45, 2.75) is 29.6 Å². The largest absolute Gasteiger partial charge is 0.480 e. The van der Waals surface area contributed by atoms with Gasteiger partial charge in [0.25, 0.3) is 0 Å². The van der Waals surface area contributed by atoms with Crippen LogP contribution in [0, 0.1) is 0 Å². The third-order valence-corrected chi connectivity index (χ3v) is 6.32. The van der Waals surface area contributed by atoms with Gasteiger partial charge in [-0.2, -0.15) is 18.2 Å². The average molecular weight is 545 g/mol. The van der Waals surface area contributed by atoms with E-state index in [2.05, 4.69) is 9.97 Å². The summed E-state index contributed by atoms with van der Waals surface area (Å²) in [5, 5.41) is 8.87. The molecule has 192 valence electrons. The molecule has 14 heteroatoms. The molecule has 0 saturated carbocycles. The highest BCUT2D eigenvalue weighted by atomic mass is 35.5. The predicted molar refractivity (Wildman–Crippen MR) is 125 cm³/mol. The fraction of sp³-hybridized carbons (Fsp3) is 0.227. The van der Waals surface area contributed by atoms with Gasteiger partial charge < -0.3 is 21.3 Å². The van der Waals surface area contributed by atoms with Gasteiger partial charge in [-0.3, -0.25) is 4.79 Å². The summed E-state index contributed by atoms with van der Waals surface area (Å²) >= 11 is 5.81. The minimum atomic E-state index is -5.03. The van der Waals surface area contributed by atoms with Crippen LogP contribution in [0.25, 0.3) is 11.3 Å². The van der Waals surface area contributed by atoms with Gasteiger partial charge in [-0.15, -0.1) is 0 Å². The van der Waals surface area contributed by atoms with Crippen molar-refractivity contribution in [3.05, 3.63) is 64.7 Å². The third-order valence-electron chi connectivity index (χ3n) is 4.94. The molecule has 9 nitrogen and oxygen atoms in total. The molecule has 2 unspecified atom stereocenters. The molecule has 0 bridgehead atoms. The minimum absolute atomic E-state index is 0.0624. The summed E-state index contributed by atoms with van der Waals surface area (Å²) in [7, 11) is -4.10. The molecule has 0 fully saturated rings. The summed E-state index contributed by atoms with van der Waals surface area (Å²) in [4.78, 5) is 18.0. The molecule has 0 aliphatic rings. The van der Waals surface area contributed by atoms with Crippen LogP contribution in [0.4, 0.5) is 19.1 Å². The van der Waals surface area contributed by atoms with Gasteiger partial charge >= 0.3 is 12.1 Å². The van der Waals surface area contributed by atoms with E-state index in [1.165, 1.54) is 0 Å². The maximum Gasteiger partial charge on any atom is 0.429 e. The van der Waals surface area contributed by atoms with Gasteiger partial charge in [0.2, 0.25) is 17.9 Å². The number of hydrogen-bond acceptors (Lipinski definition) is 8. The number of halogens is 4. The predicted octanol–water partition coefficient (Wildman–Crippen LogP) is 3.42. The number of aliphatic carboxylic acids is 1. The monoisotopic (exact) mass is 544 g/mol. The Hall–Kier alpha value is -3.42. The molecule has 1 aromatic heterocycles. The third kappa shape index (κ3) is 6.62. The Labute approximate surface area is 208 Å². The smallest absolute Gasteiger partial charge is 0.429 e. The van der Waals surface area contributed by atoms with Crippen LogP contribution in [-0.2, 0) is 21.1 Å². The van der Waals surface area contributed by atoms with Crippen LogP contribution in [0.2, 0.25) is 5.02 Å². The van der Waals surface area contributed by atoms with Crippen LogP contribution >= 0.6 is 11.6 Å². The van der Waals surface area contributed by atoms with E-state index in [9.17, 15) is 26.4 Å². The van der Waals surface area contributed by atoms with Gasteiger partial charge in [0, 0.05) is 28.5 Å². The van der Waals surface area contributed by atoms with Crippen molar-refractivity contribution in [2.24, 2.45) is 5.73 Å². The number of nitrogen functional groups attached to an aromatic ring is 1. The molecule has 36 heavy (non-hydrogen) atoms. The van der Waals surface area contributed by atoms with Crippen LogP contribution in [0.1, 0.15) is 17.2 Å². The Morgan fingerprint density at radius 2 is 1.78 bits per heavy atom. The summed E-state index contributed by atoms with van der Waals surface area (Å²) in [5.74, 6) is -2.10. The lowest BCUT2D eigenvalue weighted by Crippen LogP contribution is -2.32. The standard InChI is InChI=1S/C22H20ClF3N4O5S/c1-36(33,34)17-9-13(23)6-7-14(17)19(22(24,25)26)35-18-10-16(29-21(28)30-18)12-4-2-11(3-5-12)8-15(27)20(31)32/h2-7,9-10,15,19H,8,27H2,1H3,(H,31,32)(H2,28,29,30). The van der Waals surface area contributed by atoms with Crippen molar-refractivity contribution >= 4 is 33.4 Å². The zero-order valence-electron chi connectivity index (χ0n) is 18.5. The first-order valence-electron chi connectivity index (χ1n) is 10.1. The topological polar surface area (TPSA) is 158 Å². The normalized spacial score (nSPS) is 13.7. The SMILES string of the molecule is CS(=O)(=O)c1cc(Cl)ccc1C(Oc1cc(-c2ccc(CC(N)C(=O)O)cc2)nc(N)n1)C(F)(F)F. The average Bonchev–Trinajstić information content (AvgIpc) is 2.76. The molecule has 0 radical (unpaired) electrons. The Kier molecular flexibility index (Phi) is 7.76. The Balaban J connectivity index is 1.99. The van der Waals surface area contributed by atoms with Crippen LogP contribution in [0.5, 0.6) is 5.88 Å². The Morgan fingerprint density at radius 1 is 1.14 bits per heavy atom. The molecule has 1 heterocycles. The number of nitrogens with two attached hydrogens (primary N) is 2. The number of alkyl halides is 3. The number of sulfone groups is 1. The first-order chi connectivity index (χ1) is 16.6. The van der Waals surface area contributed by atoms with Crippen molar-refractivity contribution in [2.75, 3.05) is 12.0 Å². The Bertz CT molecular complexity index is 1390. The van der Waals surface area contributed by atoms with Gasteiger partial charge in [-0.05, 0) is 24.1 Å². The van der Waals surface area contributed by atoms with E-state index in [1.54, 1.807) is 24.3 Å². The van der Waals surface area contributed by atoms with Crippen molar-refractivity contribution in [3.8, 4) is 17.1 Å². The van der Waals surface area contributed by atoms with Crippen LogP contribution in [0.15, 0.2) is 53.4 Å². The minimum Gasteiger partial charge on any atom is -0.480 e. The maximum atomic E-state index is 14.0. The highest BCUT2D eigenvalue weighted by molar-refractivity contribution is 7.90. The van der Waals surface area contributed by atoms with Gasteiger partial charge in [-0.1, -0.05) is 41.9 Å². The number of carboxylic acids is 1. The number of rotatable bonds is 8. The lowest BCUT2D eigenvalue weighted by Gasteiger charge is -2.23. The van der Waals surface area contributed by atoms with E-state index in [-0.39, 0.29) is 23.1 Å². The summed E-state index contributed by atoms with van der Waals surface area (Å²) in [6.45, 7) is 0. The zero-order chi connectivity index (χ0) is 26.8. The van der Waals surface area contributed by atoms with E-state index in [4.69, 9.17) is 32.9 Å². The van der Waals surface area contributed by atoms with E-state index < -0.39 is 50.5 Å². The second-order valence-corrected chi connectivity index (χ2v) is 10.2. The van der Waals surface area contributed by atoms with Gasteiger partial charge in [-0.25, -0.2) is 13.4 Å². The number of ether oxygens (including phenoxy) is 1. The molecule has 3 rings (SSSR count). The van der Waals surface area contributed by atoms with E-state index in [0.717, 1.165) is 30.5 Å². The van der Waals surface area contributed by atoms with E-state index in [1.807, 2.05) is 0 Å². The zero-order valence-corrected chi connectivity index (χ0v) is 20.1. The van der Waals surface area contributed by atoms with Crippen molar-refractivity contribution in [3.63, 3.8) is 0 Å². The maximum absolute atomic E-state index is 14.0. The van der Waals surface area contributed by atoms with Crippen molar-refractivity contribution in [1.29, 1.82) is 0 Å². The molecule has 2 atom stereocenters. The first kappa shape index (κ1) is 27.2. The molecule has 0 saturated heterocycles. The van der Waals surface area contributed by atoms with Crippen LogP contribution in [-0.4, -0.2) is 47.9 Å². The number of hydrogen-bond donors (Lipinski definition) is 3. The summed E-state index contributed by atoms with van der Waals surface area (Å²) in [5.41, 5.74) is 11.7. The highest BCUT2D eigenvalue weighted by Gasteiger charge is 2.45. The fourth-order valence-corrected chi connectivity index (χ4v) is 4.46. The van der Waals surface area contributed by atoms with E-state index in [0.29, 0.717) is 11.1 Å². The van der Waals surface area contributed by atoms with Crippen LogP contribution < -0.4 is 16.2 Å². The summed E-state index contributed by atoms with van der Waals surface area (Å²) in [6.07, 6.45) is -6.92. The second kappa shape index (κ2) is 10.3. The molecule has 5 N–H and O–H groups in total. The molecular weight excluding hydrogens is 525 g/mol. The van der Waals surface area contributed by atoms with Crippen molar-refractivity contribution in [1.82, 2.24) is 9.97 Å². The quantitative estimate of drug-likeness (QED) is 0.386. The molecule has 2 aromatic carbocycles. The number of nitrogens with zero attached hydrogens (tertiary/aromatic N) is 2. The highest BCUT2D eigenvalue weighted by Crippen LogP contribution is 2.40. The number of aromatic nitrogens is 2. The molecule has 0 amide bonds. The second-order valence-electron chi connectivity index (χ2n) is 7.79. The number of benzene rings is 2. The van der Waals surface area contributed by atoms with Gasteiger partial charge in [0.05, 0.1) is 10.6 Å². The van der Waals surface area contributed by atoms with Crippen LogP contribution in [0.3, 0.4) is 0 Å². The molecule has 0 aliphatic carbocycles. The lowest BCUT2D eigenvalue weighted by molar-refractivity contribution is -0.199. The number of anilines is 1. The molecule has 0 spiro atoms. The number of carboxylic acid groups (broad SMARTS) is 1. The lowest BCUT2D eigenvalue weighted by atomic mass is 10.0. The van der Waals surface area contributed by atoms with Gasteiger partial charge in [0.1, 0.15) is 6.04 Å². The van der Waals surface area contributed by atoms with Crippen molar-refractivity contribution < 1.29 is 36.2 Å². The van der Waals surface area contributed by atoms with Gasteiger partial charge in [0.15, 0.2) is 9.84 Å². The Morgan fingerprint density at radius 3 is 2.33 bits per heavy atom. The first-order valence-corrected chi connectivity index (χ1v) is 12.4.